The van der Waals surface area contributed by atoms with E-state index in [9.17, 15) is 8.42 Å². The number of nitrogens with two attached hydrogens (primary N) is 1. The fraction of sp³-hybridized carbons (Fsp3) is 0.750. The van der Waals surface area contributed by atoms with E-state index in [-0.39, 0.29) is 11.6 Å². The van der Waals surface area contributed by atoms with Crippen molar-refractivity contribution in [1.29, 1.82) is 0 Å². The molecule has 3 N–H and O–H groups in total. The predicted octanol–water partition coefficient (Wildman–Crippen LogP) is 1.01. The molecular weight excluding hydrogens is 264 g/mol. The van der Waals surface area contributed by atoms with Gasteiger partial charge in [0, 0.05) is 24.8 Å². The Kier molecular flexibility index (Phi) is 5.11. The number of sulfonamides is 1. The largest absolute Gasteiger partial charge is 0.334 e. The lowest BCUT2D eigenvalue weighted by Crippen LogP contribution is -2.49. The molecular formula is C12H24N4O2S. The molecule has 0 aliphatic heterocycles. The number of aromatic nitrogens is 2. The Bertz CT molecular complexity index is 518. The van der Waals surface area contributed by atoms with Gasteiger partial charge in [-0.2, -0.15) is 0 Å². The Labute approximate surface area is 115 Å². The summed E-state index contributed by atoms with van der Waals surface area (Å²) >= 11 is 0. The molecule has 1 rings (SSSR count). The summed E-state index contributed by atoms with van der Waals surface area (Å²) in [6, 6.07) is 0. The van der Waals surface area contributed by atoms with Crippen molar-refractivity contribution in [1.82, 2.24) is 14.3 Å². The number of aryl methyl sites for hydroxylation is 2. The Morgan fingerprint density at radius 2 is 1.95 bits per heavy atom. The monoisotopic (exact) mass is 288 g/mol. The minimum Gasteiger partial charge on any atom is -0.334 e. The first-order chi connectivity index (χ1) is 8.78. The van der Waals surface area contributed by atoms with Gasteiger partial charge >= 0.3 is 0 Å². The molecule has 0 saturated carbocycles. The standard InChI is InChI=1S/C12H24N4O2S/c1-5-12(13,6-2)9-14-19(17,18)11-8-16(7-3)10(4)15-11/h8,14H,5-7,9,13H2,1-4H3. The average molecular weight is 288 g/mol. The van der Waals surface area contributed by atoms with Crippen LogP contribution in [0.25, 0.3) is 0 Å². The molecule has 6 nitrogen and oxygen atoms in total. The van der Waals surface area contributed by atoms with Gasteiger partial charge in [-0.05, 0) is 26.7 Å². The first-order valence-electron chi connectivity index (χ1n) is 6.60. The minimum atomic E-state index is -3.59. The lowest BCUT2D eigenvalue weighted by atomic mass is 9.95. The molecule has 19 heavy (non-hydrogen) atoms. The van der Waals surface area contributed by atoms with Gasteiger partial charge in [-0.15, -0.1) is 0 Å². The van der Waals surface area contributed by atoms with Gasteiger partial charge in [0.25, 0.3) is 10.0 Å². The second kappa shape index (κ2) is 6.02. The highest BCUT2D eigenvalue weighted by Gasteiger charge is 2.25. The van der Waals surface area contributed by atoms with E-state index in [1.54, 1.807) is 17.7 Å². The van der Waals surface area contributed by atoms with Crippen LogP contribution in [-0.4, -0.2) is 30.1 Å². The molecule has 0 amide bonds. The zero-order valence-electron chi connectivity index (χ0n) is 12.1. The van der Waals surface area contributed by atoms with Gasteiger partial charge in [-0.1, -0.05) is 13.8 Å². The lowest BCUT2D eigenvalue weighted by molar-refractivity contribution is 0.391. The maximum Gasteiger partial charge on any atom is 0.259 e. The zero-order chi connectivity index (χ0) is 14.7. The van der Waals surface area contributed by atoms with Crippen molar-refractivity contribution in [2.45, 2.75) is 57.6 Å². The van der Waals surface area contributed by atoms with Gasteiger partial charge in [0.05, 0.1) is 0 Å². The third-order valence-corrected chi connectivity index (χ3v) is 4.86. The highest BCUT2D eigenvalue weighted by Crippen LogP contribution is 2.13. The summed E-state index contributed by atoms with van der Waals surface area (Å²) in [6.45, 7) is 8.55. The second-order valence-corrected chi connectivity index (χ2v) is 6.52. The summed E-state index contributed by atoms with van der Waals surface area (Å²) in [7, 11) is -3.59. The number of imidazole rings is 1. The van der Waals surface area contributed by atoms with Crippen molar-refractivity contribution < 1.29 is 8.42 Å². The Balaban J connectivity index is 2.87. The second-order valence-electron chi connectivity index (χ2n) is 4.81. The zero-order valence-corrected chi connectivity index (χ0v) is 12.9. The summed E-state index contributed by atoms with van der Waals surface area (Å²) in [5.74, 6) is 0.688. The van der Waals surface area contributed by atoms with Crippen molar-refractivity contribution in [2.24, 2.45) is 5.73 Å². The van der Waals surface area contributed by atoms with Crippen LogP contribution in [-0.2, 0) is 16.6 Å². The average Bonchev–Trinajstić information content (AvgIpc) is 2.78. The first kappa shape index (κ1) is 16.1. The fourth-order valence-electron chi connectivity index (χ4n) is 1.74. The summed E-state index contributed by atoms with van der Waals surface area (Å²) in [4.78, 5) is 4.08. The van der Waals surface area contributed by atoms with Crippen LogP contribution in [0.3, 0.4) is 0 Å². The van der Waals surface area contributed by atoms with Gasteiger partial charge in [0.15, 0.2) is 5.03 Å². The SMILES string of the molecule is CCn1cc(S(=O)(=O)NCC(N)(CC)CC)nc1C. The molecule has 7 heteroatoms. The van der Waals surface area contributed by atoms with E-state index in [2.05, 4.69) is 9.71 Å². The molecule has 1 aromatic heterocycles. The van der Waals surface area contributed by atoms with E-state index in [1.165, 1.54) is 0 Å². The van der Waals surface area contributed by atoms with E-state index in [0.717, 1.165) is 0 Å². The lowest BCUT2D eigenvalue weighted by Gasteiger charge is -2.26. The molecule has 0 atom stereocenters. The minimum absolute atomic E-state index is 0.0569. The fourth-order valence-corrected chi connectivity index (χ4v) is 2.89. The molecule has 0 saturated heterocycles. The summed E-state index contributed by atoms with van der Waals surface area (Å²) < 4.78 is 28.6. The summed E-state index contributed by atoms with van der Waals surface area (Å²) in [5.41, 5.74) is 5.59. The van der Waals surface area contributed by atoms with E-state index in [0.29, 0.717) is 25.2 Å². The quantitative estimate of drug-likeness (QED) is 0.783. The molecule has 0 radical (unpaired) electrons. The number of rotatable bonds is 7. The Morgan fingerprint density at radius 1 is 1.37 bits per heavy atom. The topological polar surface area (TPSA) is 90.0 Å². The van der Waals surface area contributed by atoms with Crippen molar-refractivity contribution >= 4 is 10.0 Å². The number of nitrogens with zero attached hydrogens (tertiary/aromatic N) is 2. The predicted molar refractivity (Wildman–Crippen MR) is 75.3 cm³/mol. The number of hydrogen-bond acceptors (Lipinski definition) is 4. The van der Waals surface area contributed by atoms with Crippen LogP contribution in [0, 0.1) is 6.92 Å². The van der Waals surface area contributed by atoms with Gasteiger partial charge < -0.3 is 10.3 Å². The Morgan fingerprint density at radius 3 is 2.37 bits per heavy atom. The van der Waals surface area contributed by atoms with Gasteiger partial charge in [-0.25, -0.2) is 18.1 Å². The molecule has 1 heterocycles. The molecule has 0 fully saturated rings. The summed E-state index contributed by atoms with van der Waals surface area (Å²) in [6.07, 6.45) is 2.98. The highest BCUT2D eigenvalue weighted by atomic mass is 32.2. The highest BCUT2D eigenvalue weighted by molar-refractivity contribution is 7.89. The number of hydrogen-bond donors (Lipinski definition) is 2. The third-order valence-electron chi connectivity index (χ3n) is 3.59. The maximum absolute atomic E-state index is 12.1. The van der Waals surface area contributed by atoms with E-state index in [1.807, 2.05) is 20.8 Å². The van der Waals surface area contributed by atoms with Gasteiger partial charge in [0.1, 0.15) is 5.82 Å². The molecule has 110 valence electrons. The molecule has 0 spiro atoms. The normalized spacial score (nSPS) is 12.9. The molecule has 1 aromatic rings. The molecule has 0 aromatic carbocycles. The smallest absolute Gasteiger partial charge is 0.259 e. The maximum atomic E-state index is 12.1. The van der Waals surface area contributed by atoms with E-state index >= 15 is 0 Å². The first-order valence-corrected chi connectivity index (χ1v) is 8.08. The number of nitrogens with one attached hydrogen (secondary N) is 1. The van der Waals surface area contributed by atoms with Crippen molar-refractivity contribution in [3.8, 4) is 0 Å². The van der Waals surface area contributed by atoms with Crippen LogP contribution >= 0.6 is 0 Å². The van der Waals surface area contributed by atoms with Crippen LogP contribution in [0.5, 0.6) is 0 Å². The van der Waals surface area contributed by atoms with Crippen LogP contribution in [0.2, 0.25) is 0 Å². The third kappa shape index (κ3) is 3.77. The van der Waals surface area contributed by atoms with Crippen LogP contribution in [0.1, 0.15) is 39.4 Å². The van der Waals surface area contributed by atoms with Crippen LogP contribution in [0.15, 0.2) is 11.2 Å². The summed E-state index contributed by atoms with van der Waals surface area (Å²) in [5, 5.41) is 0.0569. The van der Waals surface area contributed by atoms with Gasteiger partial charge in [0.2, 0.25) is 0 Å². The molecule has 0 bridgehead atoms. The van der Waals surface area contributed by atoms with Crippen LogP contribution < -0.4 is 10.5 Å². The Hall–Kier alpha value is -0.920. The van der Waals surface area contributed by atoms with Gasteiger partial charge in [-0.3, -0.25) is 0 Å². The van der Waals surface area contributed by atoms with E-state index in [4.69, 9.17) is 5.73 Å². The van der Waals surface area contributed by atoms with Crippen molar-refractivity contribution in [2.75, 3.05) is 6.54 Å². The molecule has 0 aliphatic rings. The molecule has 0 aliphatic carbocycles. The van der Waals surface area contributed by atoms with Crippen LogP contribution in [0.4, 0.5) is 0 Å². The molecule has 0 unspecified atom stereocenters. The van der Waals surface area contributed by atoms with E-state index < -0.39 is 15.6 Å². The van der Waals surface area contributed by atoms with Crippen molar-refractivity contribution in [3.05, 3.63) is 12.0 Å². The van der Waals surface area contributed by atoms with Crippen molar-refractivity contribution in [3.63, 3.8) is 0 Å².